The van der Waals surface area contributed by atoms with Crippen LogP contribution in [0.5, 0.6) is 0 Å². The van der Waals surface area contributed by atoms with E-state index in [0.29, 0.717) is 0 Å². The van der Waals surface area contributed by atoms with E-state index in [4.69, 9.17) is 4.42 Å². The van der Waals surface area contributed by atoms with E-state index in [2.05, 4.69) is 21.8 Å². The van der Waals surface area contributed by atoms with Crippen molar-refractivity contribution in [2.24, 2.45) is 0 Å². The zero-order chi connectivity index (χ0) is 11.0. The third-order valence-corrected chi connectivity index (χ3v) is 3.11. The molecule has 0 aliphatic carbocycles. The van der Waals surface area contributed by atoms with Crippen molar-refractivity contribution in [1.82, 2.24) is 14.9 Å². The Morgan fingerprint density at radius 2 is 2.38 bits per heavy atom. The van der Waals surface area contributed by atoms with E-state index in [1.807, 2.05) is 18.3 Å². The van der Waals surface area contributed by atoms with Gasteiger partial charge in [0, 0.05) is 24.8 Å². The van der Waals surface area contributed by atoms with Gasteiger partial charge < -0.3 is 4.42 Å². The van der Waals surface area contributed by atoms with E-state index in [0.717, 1.165) is 24.5 Å². The minimum atomic E-state index is 0.282. The summed E-state index contributed by atoms with van der Waals surface area (Å²) < 4.78 is 5.43. The number of hydrogen-bond donors (Lipinski definition) is 0. The van der Waals surface area contributed by atoms with Gasteiger partial charge >= 0.3 is 0 Å². The third kappa shape index (κ3) is 1.51. The van der Waals surface area contributed by atoms with Gasteiger partial charge in [-0.3, -0.25) is 4.90 Å². The normalized spacial score (nSPS) is 17.3. The summed E-state index contributed by atoms with van der Waals surface area (Å²) in [6.07, 6.45) is 5.23. The van der Waals surface area contributed by atoms with Crippen LogP contribution in [-0.4, -0.2) is 14.9 Å². The fraction of sp³-hybridized carbons (Fsp3) is 0.333. The van der Waals surface area contributed by atoms with Gasteiger partial charge in [0.2, 0.25) is 0 Å². The molecule has 4 heteroatoms. The molecule has 0 aromatic carbocycles. The first-order valence-electron chi connectivity index (χ1n) is 5.40. The molecule has 3 rings (SSSR count). The van der Waals surface area contributed by atoms with Crippen LogP contribution in [-0.2, 0) is 13.1 Å². The number of furan rings is 1. The molecule has 2 aromatic rings. The van der Waals surface area contributed by atoms with Crippen LogP contribution in [0, 0.1) is 0 Å². The number of rotatable bonds is 2. The van der Waals surface area contributed by atoms with Gasteiger partial charge in [0.1, 0.15) is 12.1 Å². The number of nitrogens with zero attached hydrogens (tertiary/aromatic N) is 3. The first-order valence-corrected chi connectivity index (χ1v) is 5.40. The molecule has 0 saturated heterocycles. The Morgan fingerprint density at radius 1 is 1.44 bits per heavy atom. The van der Waals surface area contributed by atoms with Crippen molar-refractivity contribution in [3.05, 3.63) is 47.9 Å². The van der Waals surface area contributed by atoms with E-state index in [-0.39, 0.29) is 6.04 Å². The summed E-state index contributed by atoms with van der Waals surface area (Å²) in [5.74, 6) is 1.00. The Kier molecular flexibility index (Phi) is 2.22. The highest BCUT2D eigenvalue weighted by Gasteiger charge is 2.26. The van der Waals surface area contributed by atoms with Crippen LogP contribution in [0.2, 0.25) is 0 Å². The quantitative estimate of drug-likeness (QED) is 0.769. The number of fused-ring (bicyclic) bond motifs is 1. The summed E-state index contributed by atoms with van der Waals surface area (Å²) >= 11 is 0. The predicted octanol–water partition coefficient (Wildman–Crippen LogP) is 2.15. The maximum atomic E-state index is 5.43. The predicted molar refractivity (Wildman–Crippen MR) is 58.4 cm³/mol. The molecule has 1 aliphatic heterocycles. The van der Waals surface area contributed by atoms with Crippen LogP contribution in [0.15, 0.2) is 35.3 Å². The van der Waals surface area contributed by atoms with Crippen molar-refractivity contribution in [1.29, 1.82) is 0 Å². The molecule has 0 fully saturated rings. The molecule has 0 N–H and O–H groups in total. The fourth-order valence-electron chi connectivity index (χ4n) is 2.11. The van der Waals surface area contributed by atoms with Crippen molar-refractivity contribution >= 4 is 0 Å². The van der Waals surface area contributed by atoms with Gasteiger partial charge in [-0.1, -0.05) is 0 Å². The highest BCUT2D eigenvalue weighted by atomic mass is 16.3. The van der Waals surface area contributed by atoms with Crippen LogP contribution in [0.25, 0.3) is 0 Å². The SMILES string of the molecule is CC(c1ccco1)N1Cc2cncnc2C1. The second-order valence-corrected chi connectivity index (χ2v) is 4.09. The zero-order valence-corrected chi connectivity index (χ0v) is 9.13. The van der Waals surface area contributed by atoms with Gasteiger partial charge in [-0.2, -0.15) is 0 Å². The molecule has 1 atom stereocenters. The van der Waals surface area contributed by atoms with E-state index < -0.39 is 0 Å². The molecule has 0 amide bonds. The molecular weight excluding hydrogens is 202 g/mol. The first kappa shape index (κ1) is 9.54. The van der Waals surface area contributed by atoms with Gasteiger partial charge in [0.15, 0.2) is 0 Å². The second kappa shape index (κ2) is 3.72. The van der Waals surface area contributed by atoms with E-state index in [1.165, 1.54) is 5.56 Å². The molecule has 0 spiro atoms. The summed E-state index contributed by atoms with van der Waals surface area (Å²) in [5.41, 5.74) is 2.36. The topological polar surface area (TPSA) is 42.2 Å². The van der Waals surface area contributed by atoms with Gasteiger partial charge in [0.25, 0.3) is 0 Å². The largest absolute Gasteiger partial charge is 0.468 e. The molecule has 16 heavy (non-hydrogen) atoms. The molecule has 4 nitrogen and oxygen atoms in total. The molecule has 1 unspecified atom stereocenters. The molecular formula is C12H13N3O. The number of aromatic nitrogens is 2. The summed E-state index contributed by atoms with van der Waals surface area (Å²) in [7, 11) is 0. The van der Waals surface area contributed by atoms with Crippen molar-refractivity contribution in [3.63, 3.8) is 0 Å². The summed E-state index contributed by atoms with van der Waals surface area (Å²) in [5, 5.41) is 0. The van der Waals surface area contributed by atoms with Crippen molar-refractivity contribution in [2.75, 3.05) is 0 Å². The summed E-state index contributed by atoms with van der Waals surface area (Å²) in [6, 6.07) is 4.22. The second-order valence-electron chi connectivity index (χ2n) is 4.09. The van der Waals surface area contributed by atoms with Crippen molar-refractivity contribution in [3.8, 4) is 0 Å². The van der Waals surface area contributed by atoms with Gasteiger partial charge in [-0.15, -0.1) is 0 Å². The smallest absolute Gasteiger partial charge is 0.120 e. The third-order valence-electron chi connectivity index (χ3n) is 3.11. The van der Waals surface area contributed by atoms with Crippen LogP contribution >= 0.6 is 0 Å². The highest BCUT2D eigenvalue weighted by Crippen LogP contribution is 2.29. The lowest BCUT2D eigenvalue weighted by Gasteiger charge is -2.21. The van der Waals surface area contributed by atoms with Crippen LogP contribution in [0.1, 0.15) is 30.0 Å². The first-order chi connectivity index (χ1) is 7.84. The van der Waals surface area contributed by atoms with Gasteiger partial charge in [-0.05, 0) is 19.1 Å². The molecule has 0 radical (unpaired) electrons. The lowest BCUT2D eigenvalue weighted by Crippen LogP contribution is -2.20. The Morgan fingerprint density at radius 3 is 3.12 bits per heavy atom. The monoisotopic (exact) mass is 215 g/mol. The Bertz CT molecular complexity index is 456. The fourth-order valence-corrected chi connectivity index (χ4v) is 2.11. The Hall–Kier alpha value is -1.68. The average molecular weight is 215 g/mol. The van der Waals surface area contributed by atoms with Crippen molar-refractivity contribution < 1.29 is 4.42 Å². The molecule has 2 aromatic heterocycles. The summed E-state index contributed by atoms with van der Waals surface area (Å²) in [6.45, 7) is 3.93. The number of hydrogen-bond acceptors (Lipinski definition) is 4. The molecule has 0 bridgehead atoms. The maximum absolute atomic E-state index is 5.43. The molecule has 3 heterocycles. The molecule has 82 valence electrons. The molecule has 1 aliphatic rings. The maximum Gasteiger partial charge on any atom is 0.120 e. The minimum absolute atomic E-state index is 0.282. The van der Waals surface area contributed by atoms with Crippen LogP contribution in [0.4, 0.5) is 0 Å². The van der Waals surface area contributed by atoms with E-state index in [9.17, 15) is 0 Å². The Labute approximate surface area is 93.9 Å². The van der Waals surface area contributed by atoms with Crippen LogP contribution < -0.4 is 0 Å². The highest BCUT2D eigenvalue weighted by molar-refractivity contribution is 5.21. The zero-order valence-electron chi connectivity index (χ0n) is 9.13. The Balaban J connectivity index is 1.81. The van der Waals surface area contributed by atoms with Gasteiger partial charge in [0.05, 0.1) is 18.0 Å². The van der Waals surface area contributed by atoms with Crippen LogP contribution in [0.3, 0.4) is 0 Å². The summed E-state index contributed by atoms with van der Waals surface area (Å²) in [4.78, 5) is 10.7. The standard InChI is InChI=1S/C12H13N3O/c1-9(12-3-2-4-16-12)15-6-10-5-13-8-14-11(10)7-15/h2-5,8-9H,6-7H2,1H3. The minimum Gasteiger partial charge on any atom is -0.468 e. The lowest BCUT2D eigenvalue weighted by atomic mass is 10.2. The van der Waals surface area contributed by atoms with Crippen molar-refractivity contribution in [2.45, 2.75) is 26.1 Å². The van der Waals surface area contributed by atoms with Gasteiger partial charge in [-0.25, -0.2) is 9.97 Å². The lowest BCUT2D eigenvalue weighted by molar-refractivity contribution is 0.189. The van der Waals surface area contributed by atoms with E-state index in [1.54, 1.807) is 12.6 Å². The van der Waals surface area contributed by atoms with E-state index >= 15 is 0 Å². The molecule has 0 saturated carbocycles. The average Bonchev–Trinajstić information content (AvgIpc) is 2.97.